The van der Waals surface area contributed by atoms with Crippen LogP contribution >= 0.6 is 0 Å². The van der Waals surface area contributed by atoms with Crippen LogP contribution in [0.4, 0.5) is 4.79 Å². The Hall–Kier alpha value is -1.39. The molecule has 1 saturated heterocycles. The number of carboxylic acids is 1. The summed E-state index contributed by atoms with van der Waals surface area (Å²) in [6.07, 6.45) is -1.44. The fourth-order valence-corrected chi connectivity index (χ4v) is 2.76. The molecule has 1 amide bonds. The minimum atomic E-state index is -3.95. The highest BCUT2D eigenvalue weighted by molar-refractivity contribution is 7.87. The summed E-state index contributed by atoms with van der Waals surface area (Å²) in [6.45, 7) is 3.93. The molecular weight excluding hydrogens is 290 g/mol. The molecule has 0 saturated carbocycles. The van der Waals surface area contributed by atoms with Crippen molar-refractivity contribution in [2.75, 3.05) is 32.7 Å². The Kier molecular flexibility index (Phi) is 5.72. The van der Waals surface area contributed by atoms with E-state index in [4.69, 9.17) is 9.84 Å². The second kappa shape index (κ2) is 6.86. The topological polar surface area (TPSA) is 116 Å². The van der Waals surface area contributed by atoms with Gasteiger partial charge in [0.2, 0.25) is 0 Å². The van der Waals surface area contributed by atoms with Crippen molar-refractivity contribution in [3.05, 3.63) is 0 Å². The Labute approximate surface area is 117 Å². The van der Waals surface area contributed by atoms with Gasteiger partial charge in [-0.2, -0.15) is 12.7 Å². The molecule has 0 aliphatic carbocycles. The monoisotopic (exact) mass is 309 g/mol. The molecule has 9 nitrogen and oxygen atoms in total. The van der Waals surface area contributed by atoms with E-state index in [9.17, 15) is 18.0 Å². The molecule has 0 aromatic rings. The maximum Gasteiger partial charge on any atom is 0.422 e. The number of nitrogens with zero attached hydrogens (tertiary/aromatic N) is 2. The largest absolute Gasteiger partial charge is 0.480 e. The van der Waals surface area contributed by atoms with Crippen molar-refractivity contribution in [2.24, 2.45) is 0 Å². The molecule has 116 valence electrons. The Morgan fingerprint density at radius 3 is 2.25 bits per heavy atom. The number of amides is 1. The molecule has 0 unspecified atom stereocenters. The number of carboxylic acid groups (broad SMARTS) is 1. The molecule has 1 heterocycles. The van der Waals surface area contributed by atoms with Crippen LogP contribution in [0.5, 0.6) is 0 Å². The fraction of sp³-hybridized carbons (Fsp3) is 0.800. The van der Waals surface area contributed by atoms with Crippen molar-refractivity contribution in [2.45, 2.75) is 20.0 Å². The van der Waals surface area contributed by atoms with Crippen LogP contribution in [-0.4, -0.2) is 73.6 Å². The molecule has 0 aromatic carbocycles. The van der Waals surface area contributed by atoms with Gasteiger partial charge in [0.25, 0.3) is 0 Å². The number of hydrogen-bond donors (Lipinski definition) is 2. The van der Waals surface area contributed by atoms with E-state index in [0.717, 1.165) is 4.31 Å². The van der Waals surface area contributed by atoms with E-state index in [1.807, 2.05) is 4.72 Å². The molecule has 0 radical (unpaired) electrons. The molecule has 0 atom stereocenters. The number of ether oxygens (including phenoxy) is 1. The van der Waals surface area contributed by atoms with E-state index in [-0.39, 0.29) is 19.6 Å². The van der Waals surface area contributed by atoms with Crippen molar-refractivity contribution >= 4 is 22.3 Å². The molecule has 0 spiro atoms. The lowest BCUT2D eigenvalue weighted by atomic mass is 10.3. The third-order valence-corrected chi connectivity index (χ3v) is 4.05. The summed E-state index contributed by atoms with van der Waals surface area (Å²) in [5, 5.41) is 8.65. The molecule has 0 aromatic heterocycles. The lowest BCUT2D eigenvalue weighted by Crippen LogP contribution is -2.53. The summed E-state index contributed by atoms with van der Waals surface area (Å²) < 4.78 is 31.4. The van der Waals surface area contributed by atoms with Crippen LogP contribution in [0, 0.1) is 0 Å². The SMILES string of the molecule is CC(C)OC(=O)NS(=O)(=O)N1CCN(CC(=O)O)CC1. The molecule has 1 fully saturated rings. The van der Waals surface area contributed by atoms with Gasteiger partial charge in [-0.05, 0) is 13.8 Å². The molecule has 10 heteroatoms. The standard InChI is InChI=1S/C10H19N3O6S/c1-8(2)19-10(16)11-20(17,18)13-5-3-12(4-6-13)7-9(14)15/h8H,3-7H2,1-2H3,(H,11,16)(H,14,15). The number of carbonyl (C=O) groups excluding carboxylic acids is 1. The van der Waals surface area contributed by atoms with Gasteiger partial charge in [0.05, 0.1) is 12.6 Å². The zero-order valence-electron chi connectivity index (χ0n) is 11.4. The predicted molar refractivity (Wildman–Crippen MR) is 69.3 cm³/mol. The maximum absolute atomic E-state index is 11.9. The normalized spacial score (nSPS) is 17.9. The van der Waals surface area contributed by atoms with Gasteiger partial charge in [-0.3, -0.25) is 9.69 Å². The van der Waals surface area contributed by atoms with Gasteiger partial charge >= 0.3 is 22.3 Å². The average molecular weight is 309 g/mol. The first-order valence-corrected chi connectivity index (χ1v) is 7.57. The minimum Gasteiger partial charge on any atom is -0.480 e. The highest BCUT2D eigenvalue weighted by Crippen LogP contribution is 2.06. The quantitative estimate of drug-likeness (QED) is 0.673. The van der Waals surface area contributed by atoms with Crippen molar-refractivity contribution < 1.29 is 27.9 Å². The van der Waals surface area contributed by atoms with Crippen molar-refractivity contribution in [1.29, 1.82) is 0 Å². The van der Waals surface area contributed by atoms with E-state index >= 15 is 0 Å². The predicted octanol–water partition coefficient (Wildman–Crippen LogP) is -0.932. The van der Waals surface area contributed by atoms with Crippen LogP contribution in [0.3, 0.4) is 0 Å². The zero-order chi connectivity index (χ0) is 15.3. The summed E-state index contributed by atoms with van der Waals surface area (Å²) in [5.41, 5.74) is 0. The van der Waals surface area contributed by atoms with Gasteiger partial charge in [-0.25, -0.2) is 9.52 Å². The lowest BCUT2D eigenvalue weighted by molar-refractivity contribution is -0.138. The van der Waals surface area contributed by atoms with Crippen LogP contribution in [0.25, 0.3) is 0 Å². The van der Waals surface area contributed by atoms with Crippen LogP contribution in [-0.2, 0) is 19.7 Å². The van der Waals surface area contributed by atoms with Gasteiger partial charge in [-0.15, -0.1) is 0 Å². The average Bonchev–Trinajstić information content (AvgIpc) is 2.26. The van der Waals surface area contributed by atoms with Crippen molar-refractivity contribution in [3.63, 3.8) is 0 Å². The van der Waals surface area contributed by atoms with Gasteiger partial charge in [0, 0.05) is 26.2 Å². The third kappa shape index (κ3) is 5.31. The van der Waals surface area contributed by atoms with Crippen LogP contribution in [0.1, 0.15) is 13.8 Å². The number of aliphatic carboxylic acids is 1. The van der Waals surface area contributed by atoms with E-state index < -0.39 is 28.4 Å². The number of nitrogens with one attached hydrogen (secondary N) is 1. The zero-order valence-corrected chi connectivity index (χ0v) is 12.2. The van der Waals surface area contributed by atoms with E-state index in [2.05, 4.69) is 0 Å². The van der Waals surface area contributed by atoms with Crippen molar-refractivity contribution in [1.82, 2.24) is 13.9 Å². The van der Waals surface area contributed by atoms with Crippen LogP contribution in [0.15, 0.2) is 0 Å². The van der Waals surface area contributed by atoms with Crippen LogP contribution < -0.4 is 4.72 Å². The van der Waals surface area contributed by atoms with Gasteiger partial charge in [-0.1, -0.05) is 0 Å². The summed E-state index contributed by atoms with van der Waals surface area (Å²) >= 11 is 0. The smallest absolute Gasteiger partial charge is 0.422 e. The Morgan fingerprint density at radius 1 is 1.25 bits per heavy atom. The summed E-state index contributed by atoms with van der Waals surface area (Å²) in [4.78, 5) is 23.5. The summed E-state index contributed by atoms with van der Waals surface area (Å²) in [6, 6.07) is 0. The molecular formula is C10H19N3O6S. The number of hydrogen-bond acceptors (Lipinski definition) is 6. The summed E-state index contributed by atoms with van der Waals surface area (Å²) in [5.74, 6) is -0.958. The van der Waals surface area contributed by atoms with Gasteiger partial charge < -0.3 is 9.84 Å². The summed E-state index contributed by atoms with van der Waals surface area (Å²) in [7, 11) is -3.95. The van der Waals surface area contributed by atoms with E-state index in [0.29, 0.717) is 13.1 Å². The molecule has 1 aliphatic rings. The van der Waals surface area contributed by atoms with Gasteiger partial charge in [0.15, 0.2) is 0 Å². The first kappa shape index (κ1) is 16.7. The Balaban J connectivity index is 2.50. The maximum atomic E-state index is 11.9. The van der Waals surface area contributed by atoms with Crippen molar-refractivity contribution in [3.8, 4) is 0 Å². The first-order chi connectivity index (χ1) is 9.20. The molecule has 1 aliphatic heterocycles. The second-order valence-electron chi connectivity index (χ2n) is 4.63. The molecule has 0 bridgehead atoms. The van der Waals surface area contributed by atoms with Crippen LogP contribution in [0.2, 0.25) is 0 Å². The number of rotatable bonds is 5. The number of piperazine rings is 1. The molecule has 2 N–H and O–H groups in total. The van der Waals surface area contributed by atoms with E-state index in [1.54, 1.807) is 18.7 Å². The van der Waals surface area contributed by atoms with Gasteiger partial charge in [0.1, 0.15) is 0 Å². The minimum absolute atomic E-state index is 0.123. The lowest BCUT2D eigenvalue weighted by Gasteiger charge is -2.32. The number of carbonyl (C=O) groups is 2. The third-order valence-electron chi connectivity index (χ3n) is 2.59. The highest BCUT2D eigenvalue weighted by atomic mass is 32.2. The molecule has 1 rings (SSSR count). The Morgan fingerprint density at radius 2 is 1.80 bits per heavy atom. The fourth-order valence-electron chi connectivity index (χ4n) is 1.73. The second-order valence-corrected chi connectivity index (χ2v) is 6.30. The highest BCUT2D eigenvalue weighted by Gasteiger charge is 2.29. The Bertz CT molecular complexity index is 456. The van der Waals surface area contributed by atoms with E-state index in [1.165, 1.54) is 0 Å². The molecule has 20 heavy (non-hydrogen) atoms. The first-order valence-electron chi connectivity index (χ1n) is 6.13.